The molecule has 0 radical (unpaired) electrons. The third-order valence-electron chi connectivity index (χ3n) is 7.06. The van der Waals surface area contributed by atoms with Crippen molar-refractivity contribution in [1.82, 2.24) is 10.2 Å². The number of carbonyl (C=O) groups is 2. The van der Waals surface area contributed by atoms with Gasteiger partial charge in [0.15, 0.2) is 0 Å². The van der Waals surface area contributed by atoms with Gasteiger partial charge in [0.2, 0.25) is 11.8 Å². The van der Waals surface area contributed by atoms with Gasteiger partial charge >= 0.3 is 0 Å². The van der Waals surface area contributed by atoms with Crippen molar-refractivity contribution in [2.24, 2.45) is 0 Å². The molecule has 0 aromatic heterocycles. The number of ether oxygens (including phenoxy) is 1. The molecule has 0 aliphatic heterocycles. The zero-order valence-corrected chi connectivity index (χ0v) is 28.1. The molecule has 0 aliphatic carbocycles. The summed E-state index contributed by atoms with van der Waals surface area (Å²) in [7, 11) is -4.22. The first-order valence-electron chi connectivity index (χ1n) is 15.1. The Morgan fingerprint density at radius 2 is 1.46 bits per heavy atom. The van der Waals surface area contributed by atoms with E-state index in [1.54, 1.807) is 60.7 Å². The minimum Gasteiger partial charge on any atom is -0.494 e. The van der Waals surface area contributed by atoms with E-state index < -0.39 is 34.1 Å². The van der Waals surface area contributed by atoms with Gasteiger partial charge in [-0.1, -0.05) is 72.3 Å². The van der Waals surface area contributed by atoms with Gasteiger partial charge in [0.25, 0.3) is 10.0 Å². The first-order chi connectivity index (χ1) is 21.9. The van der Waals surface area contributed by atoms with Crippen LogP contribution < -0.4 is 14.4 Å². The summed E-state index contributed by atoms with van der Waals surface area (Å²) in [6, 6.07) is 30.0. The lowest BCUT2D eigenvalue weighted by Crippen LogP contribution is -2.56. The highest BCUT2D eigenvalue weighted by molar-refractivity contribution is 7.92. The van der Waals surface area contributed by atoms with Crippen LogP contribution in [0.3, 0.4) is 0 Å². The molecule has 4 rings (SSSR count). The maximum atomic E-state index is 14.5. The Balaban J connectivity index is 1.79. The van der Waals surface area contributed by atoms with Gasteiger partial charge in [-0.15, -0.1) is 0 Å². The van der Waals surface area contributed by atoms with E-state index >= 15 is 0 Å². The largest absolute Gasteiger partial charge is 0.494 e. The predicted octanol–water partition coefficient (Wildman–Crippen LogP) is 6.49. The first-order valence-corrected chi connectivity index (χ1v) is 16.9. The Kier molecular flexibility index (Phi) is 11.5. The smallest absolute Gasteiger partial charge is 0.264 e. The van der Waals surface area contributed by atoms with Gasteiger partial charge in [-0.2, -0.15) is 0 Å². The maximum absolute atomic E-state index is 14.5. The molecule has 0 bridgehead atoms. The summed E-state index contributed by atoms with van der Waals surface area (Å²) >= 11 is 6.31. The van der Waals surface area contributed by atoms with Gasteiger partial charge in [0.05, 0.1) is 17.2 Å². The molecule has 10 heteroatoms. The van der Waals surface area contributed by atoms with Gasteiger partial charge in [-0.25, -0.2) is 8.42 Å². The van der Waals surface area contributed by atoms with Gasteiger partial charge in [0.1, 0.15) is 18.3 Å². The SMILES string of the molecule is CCOc1ccc(S(=O)(=O)N(CC(=O)N(Cc2cccc(Cl)c2)C(Cc2ccccc2)C(=O)NC(C)(C)C)c2ccccc2)cc1. The molecule has 46 heavy (non-hydrogen) atoms. The average molecular weight is 662 g/mol. The van der Waals surface area contributed by atoms with E-state index in [0.717, 1.165) is 9.87 Å². The average Bonchev–Trinajstić information content (AvgIpc) is 3.02. The Morgan fingerprint density at radius 1 is 0.848 bits per heavy atom. The Morgan fingerprint density at radius 3 is 2.04 bits per heavy atom. The summed E-state index contributed by atoms with van der Waals surface area (Å²) in [6.07, 6.45) is 0.214. The van der Waals surface area contributed by atoms with Crippen LogP contribution in [0.5, 0.6) is 5.75 Å². The lowest BCUT2D eigenvalue weighted by Gasteiger charge is -2.35. The molecule has 1 atom stereocenters. The molecule has 1 unspecified atom stereocenters. The van der Waals surface area contributed by atoms with Crippen LogP contribution in [0.1, 0.15) is 38.8 Å². The normalized spacial score (nSPS) is 12.2. The van der Waals surface area contributed by atoms with E-state index in [9.17, 15) is 18.0 Å². The third kappa shape index (κ3) is 9.34. The number of hydrogen-bond acceptors (Lipinski definition) is 5. The number of benzene rings is 4. The summed E-state index contributed by atoms with van der Waals surface area (Å²) < 4.78 is 34.9. The third-order valence-corrected chi connectivity index (χ3v) is 9.08. The van der Waals surface area contributed by atoms with E-state index in [2.05, 4.69) is 5.32 Å². The lowest BCUT2D eigenvalue weighted by molar-refractivity contribution is -0.140. The summed E-state index contributed by atoms with van der Waals surface area (Å²) in [4.78, 5) is 29.9. The van der Waals surface area contributed by atoms with Crippen molar-refractivity contribution < 1.29 is 22.7 Å². The van der Waals surface area contributed by atoms with Crippen LogP contribution in [0, 0.1) is 0 Å². The molecule has 0 saturated heterocycles. The Bertz CT molecular complexity index is 1710. The second-order valence-electron chi connectivity index (χ2n) is 11.8. The van der Waals surface area contributed by atoms with Crippen molar-refractivity contribution in [3.05, 3.63) is 125 Å². The van der Waals surface area contributed by atoms with Gasteiger partial charge in [-0.3, -0.25) is 13.9 Å². The number of para-hydroxylation sites is 1. The van der Waals surface area contributed by atoms with E-state index in [1.165, 1.54) is 17.0 Å². The molecule has 1 N–H and O–H groups in total. The van der Waals surface area contributed by atoms with E-state index in [-0.39, 0.29) is 23.8 Å². The molecule has 0 fully saturated rings. The molecule has 0 heterocycles. The van der Waals surface area contributed by atoms with Gasteiger partial charge in [0, 0.05) is 23.5 Å². The van der Waals surface area contributed by atoms with E-state index in [0.29, 0.717) is 28.6 Å². The van der Waals surface area contributed by atoms with Crippen LogP contribution in [0.25, 0.3) is 0 Å². The quantitative estimate of drug-likeness (QED) is 0.177. The summed E-state index contributed by atoms with van der Waals surface area (Å²) in [6.45, 7) is 7.37. The Labute approximate surface area is 277 Å². The number of nitrogens with one attached hydrogen (secondary N) is 1. The van der Waals surface area contributed by atoms with Crippen molar-refractivity contribution in [3.8, 4) is 5.75 Å². The highest BCUT2D eigenvalue weighted by atomic mass is 35.5. The summed E-state index contributed by atoms with van der Waals surface area (Å²) in [5, 5.41) is 3.51. The monoisotopic (exact) mass is 661 g/mol. The lowest BCUT2D eigenvalue weighted by atomic mass is 10.0. The van der Waals surface area contributed by atoms with Gasteiger partial charge in [-0.05, 0) is 87.4 Å². The number of hydrogen-bond donors (Lipinski definition) is 1. The molecule has 0 aliphatic rings. The predicted molar refractivity (Wildman–Crippen MR) is 182 cm³/mol. The molecule has 4 aromatic rings. The van der Waals surface area contributed by atoms with Gasteiger partial charge < -0.3 is 15.0 Å². The number of sulfonamides is 1. The van der Waals surface area contributed by atoms with Crippen molar-refractivity contribution in [2.45, 2.75) is 57.1 Å². The topological polar surface area (TPSA) is 96.0 Å². The molecular formula is C36H40ClN3O5S. The Hall–Kier alpha value is -4.34. The second kappa shape index (κ2) is 15.3. The molecule has 0 spiro atoms. The minimum absolute atomic E-state index is 0.000286. The van der Waals surface area contributed by atoms with Crippen LogP contribution in [0.15, 0.2) is 114 Å². The van der Waals surface area contributed by atoms with Crippen molar-refractivity contribution >= 4 is 39.1 Å². The molecule has 8 nitrogen and oxygen atoms in total. The van der Waals surface area contributed by atoms with Crippen molar-refractivity contribution in [2.75, 3.05) is 17.5 Å². The van der Waals surface area contributed by atoms with Crippen molar-refractivity contribution in [1.29, 1.82) is 0 Å². The number of amides is 2. The second-order valence-corrected chi connectivity index (χ2v) is 14.1. The van der Waals surface area contributed by atoms with Crippen LogP contribution in [0.2, 0.25) is 5.02 Å². The summed E-state index contributed by atoms with van der Waals surface area (Å²) in [5.41, 5.74) is 1.28. The minimum atomic E-state index is -4.22. The van der Waals surface area contributed by atoms with E-state index in [1.807, 2.05) is 64.1 Å². The molecule has 4 aromatic carbocycles. The van der Waals surface area contributed by atoms with Crippen molar-refractivity contribution in [3.63, 3.8) is 0 Å². The fraction of sp³-hybridized carbons (Fsp3) is 0.278. The standard InChI is InChI=1S/C36H40ClN3O5S/c1-5-45-31-19-21-32(22-20-31)46(43,44)40(30-17-10-7-11-18-30)26-34(41)39(25-28-15-12-16-29(37)23-28)33(35(42)38-36(2,3)4)24-27-13-8-6-9-14-27/h6-23,33H,5,24-26H2,1-4H3,(H,38,42). The first kappa shape index (κ1) is 34.5. The molecule has 2 amide bonds. The fourth-order valence-electron chi connectivity index (χ4n) is 4.96. The van der Waals surface area contributed by atoms with Crippen LogP contribution in [-0.2, 0) is 32.6 Å². The number of anilines is 1. The van der Waals surface area contributed by atoms with Crippen LogP contribution in [0.4, 0.5) is 5.69 Å². The van der Waals surface area contributed by atoms with Crippen LogP contribution >= 0.6 is 11.6 Å². The highest BCUT2D eigenvalue weighted by Gasteiger charge is 2.35. The number of carbonyl (C=O) groups excluding carboxylic acids is 2. The number of rotatable bonds is 13. The molecule has 242 valence electrons. The highest BCUT2D eigenvalue weighted by Crippen LogP contribution is 2.26. The molecule has 0 saturated carbocycles. The zero-order valence-electron chi connectivity index (χ0n) is 26.5. The summed E-state index contributed by atoms with van der Waals surface area (Å²) in [5.74, 6) is -0.374. The number of nitrogens with zero attached hydrogens (tertiary/aromatic N) is 2. The maximum Gasteiger partial charge on any atom is 0.264 e. The van der Waals surface area contributed by atoms with Crippen LogP contribution in [-0.4, -0.2) is 49.9 Å². The fourth-order valence-corrected chi connectivity index (χ4v) is 6.59. The zero-order chi connectivity index (χ0) is 33.3. The molecular weight excluding hydrogens is 622 g/mol. The number of halogens is 1. The van der Waals surface area contributed by atoms with E-state index in [4.69, 9.17) is 16.3 Å².